The maximum absolute atomic E-state index is 15.4. The van der Waals surface area contributed by atoms with E-state index in [4.69, 9.17) is 4.74 Å². The maximum Gasteiger partial charge on any atom is 0.399 e. The van der Waals surface area contributed by atoms with Gasteiger partial charge in [-0.3, -0.25) is 9.48 Å². The minimum Gasteiger partial charge on any atom is -0.451 e. The predicted octanol–water partition coefficient (Wildman–Crippen LogP) is 6.07. The van der Waals surface area contributed by atoms with Crippen LogP contribution in [-0.2, 0) is 21.7 Å². The van der Waals surface area contributed by atoms with Gasteiger partial charge in [-0.1, -0.05) is 23.4 Å². The van der Waals surface area contributed by atoms with Crippen molar-refractivity contribution in [2.24, 2.45) is 0 Å². The summed E-state index contributed by atoms with van der Waals surface area (Å²) in [7, 11) is 0. The molecule has 1 N–H and O–H groups in total. The number of benzene rings is 1. The average molecular weight is 563 g/mol. The molecule has 40 heavy (non-hydrogen) atoms. The molecule has 4 rings (SSSR count). The van der Waals surface area contributed by atoms with Gasteiger partial charge >= 0.3 is 12.1 Å². The quantitative estimate of drug-likeness (QED) is 0.265. The molecule has 0 saturated carbocycles. The Labute approximate surface area is 227 Å². The Morgan fingerprint density at radius 2 is 1.82 bits per heavy atom. The predicted molar refractivity (Wildman–Crippen MR) is 135 cm³/mol. The van der Waals surface area contributed by atoms with Crippen LogP contribution in [0.5, 0.6) is 0 Å². The number of rotatable bonds is 8. The van der Waals surface area contributed by atoms with Crippen molar-refractivity contribution in [1.82, 2.24) is 20.0 Å². The Balaban J connectivity index is 1.76. The molecule has 2 unspecified atom stereocenters. The van der Waals surface area contributed by atoms with Crippen LogP contribution in [0.3, 0.4) is 0 Å². The lowest BCUT2D eigenvalue weighted by atomic mass is 9.92. The number of pyridine rings is 1. The van der Waals surface area contributed by atoms with Crippen LogP contribution in [0, 0.1) is 11.6 Å². The van der Waals surface area contributed by atoms with Gasteiger partial charge in [-0.15, -0.1) is 5.10 Å². The van der Waals surface area contributed by atoms with Crippen molar-refractivity contribution in [1.29, 1.82) is 0 Å². The van der Waals surface area contributed by atoms with E-state index in [9.17, 15) is 27.5 Å². The number of hydrogen-bond donors (Lipinski definition) is 1. The molecular weight excluding hydrogens is 535 g/mol. The molecule has 0 radical (unpaired) electrons. The van der Waals surface area contributed by atoms with Gasteiger partial charge in [0, 0.05) is 18.1 Å². The highest BCUT2D eigenvalue weighted by Gasteiger charge is 2.43. The van der Waals surface area contributed by atoms with Crippen molar-refractivity contribution in [2.45, 2.75) is 64.0 Å². The molecule has 0 amide bonds. The standard InChI is InChI=1S/C28H27F5N4O3/c1-16(38)40-26(18-7-5-4-6-8-18)23-15-37(36-35-23)14-21(28(31,32)33)22-13-20(27(2,3)39)24(30)25(34-22)17-9-11-19(29)12-10-17/h5,7-13,15,21,26,39H,4,6,14H2,1-3H3. The lowest BCUT2D eigenvalue weighted by Crippen LogP contribution is -2.28. The van der Waals surface area contributed by atoms with Gasteiger partial charge in [-0.25, -0.2) is 13.8 Å². The molecule has 1 aromatic carbocycles. The number of hydrogen-bond acceptors (Lipinski definition) is 6. The first-order chi connectivity index (χ1) is 18.7. The van der Waals surface area contributed by atoms with E-state index in [-0.39, 0.29) is 11.3 Å². The number of carbonyl (C=O) groups excluding carboxylic acids is 1. The van der Waals surface area contributed by atoms with E-state index in [2.05, 4.69) is 15.3 Å². The average Bonchev–Trinajstić information content (AvgIpc) is 3.34. The molecule has 2 atom stereocenters. The van der Waals surface area contributed by atoms with Gasteiger partial charge in [0.15, 0.2) is 11.9 Å². The second kappa shape index (κ2) is 11.3. The number of aromatic nitrogens is 4. The van der Waals surface area contributed by atoms with Gasteiger partial charge in [-0.2, -0.15) is 13.2 Å². The molecule has 2 heterocycles. The molecule has 0 fully saturated rings. The largest absolute Gasteiger partial charge is 0.451 e. The lowest BCUT2D eigenvalue weighted by Gasteiger charge is -2.25. The summed E-state index contributed by atoms with van der Waals surface area (Å²) < 4.78 is 78.5. The van der Waals surface area contributed by atoms with Crippen LogP contribution in [0.1, 0.15) is 62.6 Å². The first-order valence-electron chi connectivity index (χ1n) is 12.4. The molecule has 0 saturated heterocycles. The molecule has 0 aliphatic heterocycles. The second-order valence-electron chi connectivity index (χ2n) is 9.96. The minimum absolute atomic E-state index is 0.0354. The van der Waals surface area contributed by atoms with Crippen molar-refractivity contribution < 1.29 is 36.6 Å². The zero-order chi connectivity index (χ0) is 29.2. The highest BCUT2D eigenvalue weighted by Crippen LogP contribution is 2.39. The van der Waals surface area contributed by atoms with Gasteiger partial charge in [0.1, 0.15) is 23.1 Å². The van der Waals surface area contributed by atoms with Crippen LogP contribution in [0.4, 0.5) is 22.0 Å². The Kier molecular flexibility index (Phi) is 8.20. The molecule has 2 aromatic heterocycles. The number of aliphatic hydroxyl groups is 1. The number of halogens is 5. The Hall–Kier alpha value is -3.93. The van der Waals surface area contributed by atoms with Crippen LogP contribution < -0.4 is 0 Å². The van der Waals surface area contributed by atoms with Crippen LogP contribution in [0.15, 0.2) is 60.3 Å². The van der Waals surface area contributed by atoms with Gasteiger partial charge in [0.2, 0.25) is 0 Å². The van der Waals surface area contributed by atoms with Crippen molar-refractivity contribution in [3.63, 3.8) is 0 Å². The Morgan fingerprint density at radius 3 is 2.40 bits per heavy atom. The van der Waals surface area contributed by atoms with E-state index in [0.29, 0.717) is 12.0 Å². The number of nitrogens with zero attached hydrogens (tertiary/aromatic N) is 4. The van der Waals surface area contributed by atoms with Crippen LogP contribution in [0.2, 0.25) is 0 Å². The normalized spacial score (nSPS) is 15.5. The monoisotopic (exact) mass is 562 g/mol. The molecule has 0 bridgehead atoms. The Morgan fingerprint density at radius 1 is 1.12 bits per heavy atom. The van der Waals surface area contributed by atoms with Gasteiger partial charge in [0.05, 0.1) is 24.0 Å². The van der Waals surface area contributed by atoms with Crippen molar-refractivity contribution in [3.8, 4) is 11.3 Å². The third kappa shape index (κ3) is 6.61. The molecule has 1 aliphatic carbocycles. The van der Waals surface area contributed by atoms with Crippen LogP contribution in [-0.4, -0.2) is 37.2 Å². The number of allylic oxidation sites excluding steroid dienone is 2. The molecular formula is C28H27F5N4O3. The fourth-order valence-electron chi connectivity index (χ4n) is 4.34. The van der Waals surface area contributed by atoms with Gasteiger partial charge in [-0.05, 0) is 62.6 Å². The first kappa shape index (κ1) is 29.1. The van der Waals surface area contributed by atoms with E-state index < -0.39 is 64.9 Å². The van der Waals surface area contributed by atoms with Crippen LogP contribution in [0.25, 0.3) is 11.3 Å². The first-order valence-corrected chi connectivity index (χ1v) is 12.4. The topological polar surface area (TPSA) is 90.1 Å². The number of alkyl halides is 3. The summed E-state index contributed by atoms with van der Waals surface area (Å²) in [6.07, 6.45) is 2.42. The van der Waals surface area contributed by atoms with E-state index in [1.807, 2.05) is 12.2 Å². The van der Waals surface area contributed by atoms with Gasteiger partial charge in [0.25, 0.3) is 0 Å². The summed E-state index contributed by atoms with van der Waals surface area (Å²) in [5.41, 5.74) is -2.51. The molecule has 7 nitrogen and oxygen atoms in total. The molecule has 12 heteroatoms. The number of carbonyl (C=O) groups is 1. The maximum atomic E-state index is 15.4. The molecule has 1 aliphatic rings. The summed E-state index contributed by atoms with van der Waals surface area (Å²) in [6, 6.07) is 5.31. The summed E-state index contributed by atoms with van der Waals surface area (Å²) in [4.78, 5) is 15.7. The third-order valence-electron chi connectivity index (χ3n) is 6.31. The molecule has 0 spiro atoms. The van der Waals surface area contributed by atoms with Crippen molar-refractivity contribution >= 4 is 5.97 Å². The number of esters is 1. The summed E-state index contributed by atoms with van der Waals surface area (Å²) in [5.74, 6) is -4.53. The fourth-order valence-corrected chi connectivity index (χ4v) is 4.34. The van der Waals surface area contributed by atoms with Crippen LogP contribution >= 0.6 is 0 Å². The van der Waals surface area contributed by atoms with Crippen molar-refractivity contribution in [3.05, 3.63) is 88.9 Å². The zero-order valence-electron chi connectivity index (χ0n) is 21.9. The highest BCUT2D eigenvalue weighted by atomic mass is 19.4. The fraction of sp³-hybridized carbons (Fsp3) is 0.357. The van der Waals surface area contributed by atoms with Crippen molar-refractivity contribution in [2.75, 3.05) is 0 Å². The lowest BCUT2D eigenvalue weighted by molar-refractivity contribution is -0.155. The SMILES string of the molecule is CC(=O)OC(C1=CCCC=C1)c1cn(CC(c2cc(C(C)(C)O)c(F)c(-c3ccc(F)cc3)n2)C(F)(F)F)nn1. The minimum atomic E-state index is -4.86. The van der Waals surface area contributed by atoms with E-state index in [1.54, 1.807) is 6.08 Å². The highest BCUT2D eigenvalue weighted by molar-refractivity contribution is 5.67. The second-order valence-corrected chi connectivity index (χ2v) is 9.96. The smallest absolute Gasteiger partial charge is 0.399 e. The molecule has 3 aromatic rings. The van der Waals surface area contributed by atoms with E-state index in [0.717, 1.165) is 29.3 Å². The molecule has 212 valence electrons. The van der Waals surface area contributed by atoms with E-state index >= 15 is 4.39 Å². The zero-order valence-corrected chi connectivity index (χ0v) is 21.9. The Bertz CT molecular complexity index is 1440. The third-order valence-corrected chi connectivity index (χ3v) is 6.31. The summed E-state index contributed by atoms with van der Waals surface area (Å²) in [5, 5.41) is 18.3. The van der Waals surface area contributed by atoms with E-state index in [1.165, 1.54) is 39.1 Å². The number of ether oxygens (including phenoxy) is 1. The van der Waals surface area contributed by atoms with Gasteiger partial charge < -0.3 is 9.84 Å². The summed E-state index contributed by atoms with van der Waals surface area (Å²) >= 11 is 0. The summed E-state index contributed by atoms with van der Waals surface area (Å²) in [6.45, 7) is 2.90.